The molecule has 0 aliphatic heterocycles. The molecule has 1 saturated carbocycles. The molecule has 2 aromatic rings. The second-order valence-corrected chi connectivity index (χ2v) is 6.36. The van der Waals surface area contributed by atoms with Crippen LogP contribution in [0.15, 0.2) is 18.6 Å². The predicted molar refractivity (Wildman–Crippen MR) is 80.8 cm³/mol. The van der Waals surface area contributed by atoms with Gasteiger partial charge in [-0.25, -0.2) is 9.97 Å². The number of nitrogens with zero attached hydrogens (tertiary/aromatic N) is 4. The minimum absolute atomic E-state index is 0.742. The molecule has 0 spiro atoms. The lowest BCUT2D eigenvalue weighted by Gasteiger charge is -2.24. The number of rotatable bonds is 4. The molecule has 1 fully saturated rings. The molecule has 1 unspecified atom stereocenters. The van der Waals surface area contributed by atoms with Crippen LogP contribution in [0.5, 0.6) is 0 Å². The number of aryl methyl sites for hydroxylation is 2. The molecule has 4 rings (SSSR count). The molecule has 1 atom stereocenters. The van der Waals surface area contributed by atoms with Gasteiger partial charge in [0.15, 0.2) is 5.82 Å². The fourth-order valence-electron chi connectivity index (χ4n) is 3.05. The van der Waals surface area contributed by atoms with Gasteiger partial charge in [0.05, 0.1) is 11.8 Å². The molecule has 110 valence electrons. The Labute approximate surface area is 124 Å². The Bertz CT molecular complexity index is 644. The number of fused-ring (bicyclic) bond motifs is 1. The fourth-order valence-corrected chi connectivity index (χ4v) is 3.05. The second kappa shape index (κ2) is 5.22. The maximum absolute atomic E-state index is 4.75. The largest absolute Gasteiger partial charge is 0.314 e. The summed E-state index contributed by atoms with van der Waals surface area (Å²) in [5.74, 6) is 1.54. The van der Waals surface area contributed by atoms with Gasteiger partial charge in [0.25, 0.3) is 0 Å². The third kappa shape index (κ3) is 2.83. The molecular weight excluding hydrogens is 262 g/mol. The first-order valence-electron chi connectivity index (χ1n) is 7.85. The summed E-state index contributed by atoms with van der Waals surface area (Å²) in [6, 6.07) is 0.801. The SMILES string of the molecule is Cn1cc(-c2ncc3c(n2)CCC(CNC2CC2)C3)cn1. The number of hydrogen-bond donors (Lipinski definition) is 1. The Morgan fingerprint density at radius 1 is 1.29 bits per heavy atom. The minimum atomic E-state index is 0.742. The Morgan fingerprint density at radius 2 is 2.19 bits per heavy atom. The van der Waals surface area contributed by atoms with Gasteiger partial charge in [-0.05, 0) is 50.1 Å². The lowest BCUT2D eigenvalue weighted by molar-refractivity contribution is 0.418. The number of aromatic nitrogens is 4. The van der Waals surface area contributed by atoms with Crippen molar-refractivity contribution in [2.24, 2.45) is 13.0 Å². The van der Waals surface area contributed by atoms with Crippen LogP contribution in [-0.2, 0) is 19.9 Å². The Balaban J connectivity index is 1.48. The van der Waals surface area contributed by atoms with Crippen molar-refractivity contribution in [1.29, 1.82) is 0 Å². The molecular formula is C16H21N5. The van der Waals surface area contributed by atoms with Crippen molar-refractivity contribution in [1.82, 2.24) is 25.1 Å². The van der Waals surface area contributed by atoms with E-state index in [4.69, 9.17) is 4.98 Å². The van der Waals surface area contributed by atoms with Crippen molar-refractivity contribution in [3.63, 3.8) is 0 Å². The van der Waals surface area contributed by atoms with Crippen LogP contribution in [0.4, 0.5) is 0 Å². The summed E-state index contributed by atoms with van der Waals surface area (Å²) in [5.41, 5.74) is 3.56. The zero-order valence-electron chi connectivity index (χ0n) is 12.4. The normalized spacial score (nSPS) is 21.3. The van der Waals surface area contributed by atoms with Crippen LogP contribution >= 0.6 is 0 Å². The third-order valence-electron chi connectivity index (χ3n) is 4.49. The molecule has 0 radical (unpaired) electrons. The molecule has 0 aromatic carbocycles. The minimum Gasteiger partial charge on any atom is -0.314 e. The summed E-state index contributed by atoms with van der Waals surface area (Å²) in [6.07, 6.45) is 12.0. The summed E-state index contributed by atoms with van der Waals surface area (Å²) < 4.78 is 1.79. The van der Waals surface area contributed by atoms with Crippen molar-refractivity contribution in [3.8, 4) is 11.4 Å². The van der Waals surface area contributed by atoms with E-state index >= 15 is 0 Å². The van der Waals surface area contributed by atoms with E-state index in [1.807, 2.05) is 25.6 Å². The van der Waals surface area contributed by atoms with Gasteiger partial charge in [-0.3, -0.25) is 4.68 Å². The first-order valence-corrected chi connectivity index (χ1v) is 7.85. The Morgan fingerprint density at radius 3 is 2.95 bits per heavy atom. The maximum atomic E-state index is 4.75. The van der Waals surface area contributed by atoms with E-state index in [9.17, 15) is 0 Å². The lowest BCUT2D eigenvalue weighted by atomic mass is 9.87. The summed E-state index contributed by atoms with van der Waals surface area (Å²) in [6.45, 7) is 1.15. The van der Waals surface area contributed by atoms with Crippen LogP contribution < -0.4 is 5.32 Å². The summed E-state index contributed by atoms with van der Waals surface area (Å²) in [7, 11) is 1.92. The average molecular weight is 283 g/mol. The van der Waals surface area contributed by atoms with E-state index in [1.54, 1.807) is 4.68 Å². The first kappa shape index (κ1) is 13.0. The molecule has 0 saturated heterocycles. The van der Waals surface area contributed by atoms with E-state index < -0.39 is 0 Å². The van der Waals surface area contributed by atoms with Gasteiger partial charge < -0.3 is 5.32 Å². The average Bonchev–Trinajstić information content (AvgIpc) is 3.24. The van der Waals surface area contributed by atoms with Gasteiger partial charge in [0.2, 0.25) is 0 Å². The van der Waals surface area contributed by atoms with Crippen molar-refractivity contribution in [2.75, 3.05) is 6.54 Å². The van der Waals surface area contributed by atoms with Crippen LogP contribution in [0.1, 0.15) is 30.5 Å². The zero-order valence-corrected chi connectivity index (χ0v) is 12.4. The van der Waals surface area contributed by atoms with Crippen molar-refractivity contribution in [3.05, 3.63) is 29.8 Å². The van der Waals surface area contributed by atoms with E-state index in [2.05, 4.69) is 15.4 Å². The van der Waals surface area contributed by atoms with Gasteiger partial charge in [-0.15, -0.1) is 0 Å². The second-order valence-electron chi connectivity index (χ2n) is 6.36. The highest BCUT2D eigenvalue weighted by Crippen LogP contribution is 2.26. The molecule has 2 aliphatic rings. The van der Waals surface area contributed by atoms with E-state index in [0.29, 0.717) is 0 Å². The topological polar surface area (TPSA) is 55.6 Å². The Hall–Kier alpha value is -1.75. The molecule has 2 aromatic heterocycles. The van der Waals surface area contributed by atoms with Crippen LogP contribution in [0.3, 0.4) is 0 Å². The number of nitrogens with one attached hydrogen (secondary N) is 1. The van der Waals surface area contributed by atoms with Crippen LogP contribution in [0.2, 0.25) is 0 Å². The predicted octanol–water partition coefficient (Wildman–Crippen LogP) is 1.73. The molecule has 2 heterocycles. The van der Waals surface area contributed by atoms with Crippen molar-refractivity contribution < 1.29 is 0 Å². The highest BCUT2D eigenvalue weighted by molar-refractivity contribution is 5.52. The quantitative estimate of drug-likeness (QED) is 0.928. The van der Waals surface area contributed by atoms with Crippen LogP contribution in [0, 0.1) is 5.92 Å². The summed E-state index contributed by atoms with van der Waals surface area (Å²) in [5, 5.41) is 7.84. The van der Waals surface area contributed by atoms with E-state index in [1.165, 1.54) is 30.5 Å². The van der Waals surface area contributed by atoms with Gasteiger partial charge in [0, 0.05) is 31.2 Å². The first-order chi connectivity index (χ1) is 10.3. The van der Waals surface area contributed by atoms with Crippen molar-refractivity contribution >= 4 is 0 Å². The van der Waals surface area contributed by atoms with Crippen molar-refractivity contribution in [2.45, 2.75) is 38.1 Å². The fraction of sp³-hybridized carbons (Fsp3) is 0.562. The maximum Gasteiger partial charge on any atom is 0.162 e. The molecule has 5 heteroatoms. The van der Waals surface area contributed by atoms with Gasteiger partial charge in [0.1, 0.15) is 0 Å². The summed E-state index contributed by atoms with van der Waals surface area (Å²) >= 11 is 0. The molecule has 21 heavy (non-hydrogen) atoms. The smallest absolute Gasteiger partial charge is 0.162 e. The molecule has 0 bridgehead atoms. The van der Waals surface area contributed by atoms with Gasteiger partial charge >= 0.3 is 0 Å². The molecule has 1 N–H and O–H groups in total. The highest BCUT2D eigenvalue weighted by atomic mass is 15.2. The van der Waals surface area contributed by atoms with Crippen LogP contribution in [0.25, 0.3) is 11.4 Å². The summed E-state index contributed by atoms with van der Waals surface area (Å²) in [4.78, 5) is 9.29. The van der Waals surface area contributed by atoms with Gasteiger partial charge in [-0.2, -0.15) is 5.10 Å². The Kier molecular flexibility index (Phi) is 3.22. The molecule has 0 amide bonds. The number of hydrogen-bond acceptors (Lipinski definition) is 4. The third-order valence-corrected chi connectivity index (χ3v) is 4.49. The monoisotopic (exact) mass is 283 g/mol. The van der Waals surface area contributed by atoms with E-state index in [-0.39, 0.29) is 0 Å². The molecule has 2 aliphatic carbocycles. The molecule has 5 nitrogen and oxygen atoms in total. The van der Waals surface area contributed by atoms with Crippen LogP contribution in [-0.4, -0.2) is 32.3 Å². The van der Waals surface area contributed by atoms with Gasteiger partial charge in [-0.1, -0.05) is 0 Å². The van der Waals surface area contributed by atoms with E-state index in [0.717, 1.165) is 42.7 Å². The highest BCUT2D eigenvalue weighted by Gasteiger charge is 2.25. The lowest BCUT2D eigenvalue weighted by Crippen LogP contribution is -2.29. The standard InChI is InChI=1S/C16H21N5/c1-21-10-13(9-19-21)16-18-8-12-6-11(2-5-15(12)20-16)7-17-14-3-4-14/h8-11,14,17H,2-7H2,1H3. The zero-order chi connectivity index (χ0) is 14.2.